The van der Waals surface area contributed by atoms with Crippen molar-refractivity contribution in [1.29, 1.82) is 0 Å². The zero-order chi connectivity index (χ0) is 11.4. The molecule has 78 valence electrons. The summed E-state index contributed by atoms with van der Waals surface area (Å²) in [5.41, 5.74) is 4.40. The number of isothiocyanates is 1. The van der Waals surface area contributed by atoms with Crippen molar-refractivity contribution >= 4 is 23.1 Å². The Morgan fingerprint density at radius 2 is 1.75 bits per heavy atom. The zero-order valence-electron chi connectivity index (χ0n) is 8.97. The quantitative estimate of drug-likeness (QED) is 0.545. The Bertz CT molecular complexity index is 540. The lowest BCUT2D eigenvalue weighted by atomic mass is 9.99. The number of thiocarbonyl (C=S) groups is 1. The van der Waals surface area contributed by atoms with Crippen LogP contribution in [0.2, 0.25) is 0 Å². The maximum atomic E-state index is 4.64. The third-order valence-corrected chi connectivity index (χ3v) is 2.65. The van der Waals surface area contributed by atoms with Gasteiger partial charge in [-0.1, -0.05) is 42.5 Å². The summed E-state index contributed by atoms with van der Waals surface area (Å²) in [5.74, 6) is 0. The van der Waals surface area contributed by atoms with E-state index in [1.165, 1.54) is 11.1 Å². The van der Waals surface area contributed by atoms with E-state index in [2.05, 4.69) is 40.6 Å². The Morgan fingerprint density at radius 3 is 2.44 bits per heavy atom. The van der Waals surface area contributed by atoms with Crippen LogP contribution in [0.5, 0.6) is 0 Å². The minimum Gasteiger partial charge on any atom is -0.194 e. The Kier molecular flexibility index (Phi) is 3.25. The van der Waals surface area contributed by atoms with Crippen molar-refractivity contribution in [3.8, 4) is 11.1 Å². The number of hydrogen-bond donors (Lipinski definition) is 0. The molecule has 0 aliphatic heterocycles. The summed E-state index contributed by atoms with van der Waals surface area (Å²) < 4.78 is 0. The summed E-state index contributed by atoms with van der Waals surface area (Å²) in [7, 11) is 0. The molecule has 0 radical (unpaired) electrons. The van der Waals surface area contributed by atoms with E-state index in [0.29, 0.717) is 0 Å². The van der Waals surface area contributed by atoms with E-state index in [4.69, 9.17) is 0 Å². The van der Waals surface area contributed by atoms with E-state index in [9.17, 15) is 0 Å². The highest BCUT2D eigenvalue weighted by Gasteiger charge is 2.04. The number of rotatable bonds is 2. The Hall–Kier alpha value is -1.76. The van der Waals surface area contributed by atoms with Gasteiger partial charge in [0.2, 0.25) is 0 Å². The van der Waals surface area contributed by atoms with Gasteiger partial charge < -0.3 is 0 Å². The van der Waals surface area contributed by atoms with Gasteiger partial charge >= 0.3 is 0 Å². The minimum absolute atomic E-state index is 0.886. The van der Waals surface area contributed by atoms with Gasteiger partial charge in [0.1, 0.15) is 0 Å². The van der Waals surface area contributed by atoms with Crippen LogP contribution < -0.4 is 0 Å². The van der Waals surface area contributed by atoms with Crippen LogP contribution in [0.3, 0.4) is 0 Å². The van der Waals surface area contributed by atoms with Crippen molar-refractivity contribution in [3.63, 3.8) is 0 Å². The molecule has 0 amide bonds. The molecule has 2 aromatic rings. The van der Waals surface area contributed by atoms with Crippen LogP contribution in [-0.4, -0.2) is 5.16 Å². The molecule has 2 aromatic carbocycles. The van der Waals surface area contributed by atoms with Crippen molar-refractivity contribution in [1.82, 2.24) is 0 Å². The van der Waals surface area contributed by atoms with E-state index in [1.807, 2.05) is 37.3 Å². The number of aliphatic imine (C=N–C) groups is 1. The molecule has 1 nitrogen and oxygen atoms in total. The monoisotopic (exact) mass is 225 g/mol. The summed E-state index contributed by atoms with van der Waals surface area (Å²) in [6, 6.07) is 16.3. The molecule has 2 heteroatoms. The second kappa shape index (κ2) is 4.84. The Labute approximate surface area is 100 Å². The third kappa shape index (κ3) is 2.08. The first-order valence-corrected chi connectivity index (χ1v) is 5.46. The van der Waals surface area contributed by atoms with Crippen molar-refractivity contribution < 1.29 is 0 Å². The second-order valence-electron chi connectivity index (χ2n) is 3.52. The van der Waals surface area contributed by atoms with Gasteiger partial charge in [-0.05, 0) is 41.9 Å². The first-order chi connectivity index (χ1) is 7.83. The fraction of sp³-hybridized carbons (Fsp3) is 0.0714. The molecule has 0 aromatic heterocycles. The molecule has 0 bridgehead atoms. The summed E-state index contributed by atoms with van der Waals surface area (Å²) in [6.45, 7) is 2.05. The Balaban J connectivity index is 2.59. The van der Waals surface area contributed by atoms with Crippen molar-refractivity contribution in [2.75, 3.05) is 0 Å². The fourth-order valence-electron chi connectivity index (χ4n) is 1.72. The van der Waals surface area contributed by atoms with Gasteiger partial charge in [0.25, 0.3) is 0 Å². The van der Waals surface area contributed by atoms with Gasteiger partial charge in [0, 0.05) is 0 Å². The van der Waals surface area contributed by atoms with Crippen molar-refractivity contribution in [2.24, 2.45) is 4.99 Å². The standard InChI is InChI=1S/C14H11NS/c1-11-13(12-6-3-2-4-7-12)8-5-9-14(11)15-10-16/h2-9H,1H3. The SMILES string of the molecule is Cc1c(N=C=S)cccc1-c1ccccc1. The van der Waals surface area contributed by atoms with Gasteiger partial charge in [-0.3, -0.25) is 0 Å². The molecule has 0 unspecified atom stereocenters. The average molecular weight is 225 g/mol. The molecule has 0 heterocycles. The molecule has 0 saturated heterocycles. The molecule has 16 heavy (non-hydrogen) atoms. The van der Waals surface area contributed by atoms with Gasteiger partial charge in [-0.15, -0.1) is 0 Å². The zero-order valence-corrected chi connectivity index (χ0v) is 9.79. The normalized spacial score (nSPS) is 9.56. The maximum Gasteiger partial charge on any atom is 0.0774 e. The van der Waals surface area contributed by atoms with Crippen LogP contribution in [-0.2, 0) is 0 Å². The van der Waals surface area contributed by atoms with Crippen LogP contribution >= 0.6 is 12.2 Å². The van der Waals surface area contributed by atoms with E-state index in [1.54, 1.807) is 0 Å². The highest BCUT2D eigenvalue weighted by Crippen LogP contribution is 2.29. The average Bonchev–Trinajstić information content (AvgIpc) is 2.33. The molecule has 2 rings (SSSR count). The van der Waals surface area contributed by atoms with Gasteiger partial charge in [0.15, 0.2) is 0 Å². The summed E-state index contributed by atoms with van der Waals surface area (Å²) in [5, 5.41) is 2.41. The molecule has 0 atom stereocenters. The maximum absolute atomic E-state index is 4.64. The van der Waals surface area contributed by atoms with E-state index in [0.717, 1.165) is 11.3 Å². The molecule has 0 N–H and O–H groups in total. The number of nitrogens with zero attached hydrogens (tertiary/aromatic N) is 1. The van der Waals surface area contributed by atoms with Crippen LogP contribution in [0, 0.1) is 6.92 Å². The van der Waals surface area contributed by atoms with E-state index >= 15 is 0 Å². The first kappa shape index (κ1) is 10.7. The van der Waals surface area contributed by atoms with E-state index in [-0.39, 0.29) is 0 Å². The summed E-state index contributed by atoms with van der Waals surface area (Å²) in [6.07, 6.45) is 0. The number of hydrogen-bond acceptors (Lipinski definition) is 2. The first-order valence-electron chi connectivity index (χ1n) is 5.06. The molecular weight excluding hydrogens is 214 g/mol. The highest BCUT2D eigenvalue weighted by molar-refractivity contribution is 7.78. The van der Waals surface area contributed by atoms with Gasteiger partial charge in [-0.2, -0.15) is 4.99 Å². The lowest BCUT2D eigenvalue weighted by molar-refractivity contribution is 1.40. The summed E-state index contributed by atoms with van der Waals surface area (Å²) >= 11 is 4.64. The van der Waals surface area contributed by atoms with Gasteiger partial charge in [-0.25, -0.2) is 0 Å². The summed E-state index contributed by atoms with van der Waals surface area (Å²) in [4.78, 5) is 4.06. The molecule has 0 spiro atoms. The van der Waals surface area contributed by atoms with Crippen LogP contribution in [0.4, 0.5) is 5.69 Å². The highest BCUT2D eigenvalue weighted by atomic mass is 32.1. The molecular formula is C14H11NS. The second-order valence-corrected chi connectivity index (χ2v) is 3.70. The van der Waals surface area contributed by atoms with Gasteiger partial charge in [0.05, 0.1) is 10.8 Å². The lowest BCUT2D eigenvalue weighted by Gasteiger charge is -2.07. The Morgan fingerprint density at radius 1 is 1.00 bits per heavy atom. The lowest BCUT2D eigenvalue weighted by Crippen LogP contribution is -1.83. The molecule has 0 saturated carbocycles. The molecule has 0 fully saturated rings. The van der Waals surface area contributed by atoms with Crippen LogP contribution in [0.15, 0.2) is 53.5 Å². The largest absolute Gasteiger partial charge is 0.194 e. The predicted molar refractivity (Wildman–Crippen MR) is 71.3 cm³/mol. The van der Waals surface area contributed by atoms with Crippen LogP contribution in [0.25, 0.3) is 11.1 Å². The topological polar surface area (TPSA) is 12.4 Å². The number of benzene rings is 2. The third-order valence-electron chi connectivity index (χ3n) is 2.56. The molecule has 0 aliphatic carbocycles. The van der Waals surface area contributed by atoms with Crippen molar-refractivity contribution in [3.05, 3.63) is 54.1 Å². The smallest absolute Gasteiger partial charge is 0.0774 e. The van der Waals surface area contributed by atoms with Crippen molar-refractivity contribution in [2.45, 2.75) is 6.92 Å². The minimum atomic E-state index is 0.886. The fourth-order valence-corrected chi connectivity index (χ4v) is 1.82. The van der Waals surface area contributed by atoms with Crippen LogP contribution in [0.1, 0.15) is 5.56 Å². The predicted octanol–water partition coefficient (Wildman–Crippen LogP) is 4.40. The molecule has 0 aliphatic rings. The van der Waals surface area contributed by atoms with E-state index < -0.39 is 0 Å².